The Morgan fingerprint density at radius 1 is 1.00 bits per heavy atom. The van der Waals surface area contributed by atoms with Gasteiger partial charge in [0.2, 0.25) is 10.0 Å². The maximum Gasteiger partial charge on any atom is 0.240 e. The number of sulfonamides is 1. The second-order valence-corrected chi connectivity index (χ2v) is 5.31. The zero-order valence-electron chi connectivity index (χ0n) is 9.13. The zero-order chi connectivity index (χ0) is 12.1. The summed E-state index contributed by atoms with van der Waals surface area (Å²) in [6.45, 7) is 0.284. The average Bonchev–Trinajstić information content (AvgIpc) is 2.39. The molecule has 0 aliphatic rings. The molecule has 0 bridgehead atoms. The molecule has 4 heteroatoms. The standard InChI is InChI=1S/C13H12NO2S/c15-17(16,13-9-5-2-6-10-13)14-11-12-7-3-1-4-8-12/h2-10,14H,11H2. The van der Waals surface area contributed by atoms with Crippen molar-refractivity contribution in [3.8, 4) is 0 Å². The van der Waals surface area contributed by atoms with E-state index in [1.807, 2.05) is 12.1 Å². The van der Waals surface area contributed by atoms with Gasteiger partial charge in [0, 0.05) is 6.54 Å². The lowest BCUT2D eigenvalue weighted by atomic mass is 10.2. The molecule has 1 radical (unpaired) electrons. The maximum absolute atomic E-state index is 11.9. The molecule has 0 amide bonds. The molecule has 0 heterocycles. The predicted octanol–water partition coefficient (Wildman–Crippen LogP) is 1.97. The number of nitrogens with one attached hydrogen (secondary N) is 1. The van der Waals surface area contributed by atoms with Crippen molar-refractivity contribution in [2.24, 2.45) is 0 Å². The SMILES string of the molecule is O=S(=O)(NCc1cc[c]cc1)c1ccccc1. The number of hydrogen-bond donors (Lipinski definition) is 1. The molecule has 0 atom stereocenters. The molecule has 0 spiro atoms. The van der Waals surface area contributed by atoms with Gasteiger partial charge in [-0.25, -0.2) is 13.1 Å². The van der Waals surface area contributed by atoms with Crippen LogP contribution in [0.25, 0.3) is 0 Å². The Kier molecular flexibility index (Phi) is 3.56. The molecule has 0 fully saturated rings. The molecule has 2 aromatic rings. The molecule has 1 N–H and O–H groups in total. The summed E-state index contributed by atoms with van der Waals surface area (Å²) in [5.41, 5.74) is 0.906. The molecule has 0 aromatic heterocycles. The van der Waals surface area contributed by atoms with Crippen molar-refractivity contribution >= 4 is 10.0 Å². The van der Waals surface area contributed by atoms with Crippen molar-refractivity contribution in [2.45, 2.75) is 11.4 Å². The van der Waals surface area contributed by atoms with Crippen LogP contribution in [0.2, 0.25) is 0 Å². The second-order valence-electron chi connectivity index (χ2n) is 3.55. The number of hydrogen-bond acceptors (Lipinski definition) is 2. The molecule has 0 aliphatic heterocycles. The highest BCUT2D eigenvalue weighted by Crippen LogP contribution is 2.08. The molecule has 0 unspecified atom stereocenters. The fourth-order valence-electron chi connectivity index (χ4n) is 1.40. The summed E-state index contributed by atoms with van der Waals surface area (Å²) < 4.78 is 26.3. The maximum atomic E-state index is 11.9. The summed E-state index contributed by atoms with van der Waals surface area (Å²) in [6, 6.07) is 18.4. The molecule has 2 aromatic carbocycles. The van der Waals surface area contributed by atoms with Gasteiger partial charge in [-0.1, -0.05) is 42.5 Å². The predicted molar refractivity (Wildman–Crippen MR) is 65.7 cm³/mol. The lowest BCUT2D eigenvalue weighted by molar-refractivity contribution is 0.581. The molecule has 3 nitrogen and oxygen atoms in total. The van der Waals surface area contributed by atoms with Gasteiger partial charge in [-0.2, -0.15) is 0 Å². The van der Waals surface area contributed by atoms with Gasteiger partial charge >= 0.3 is 0 Å². The van der Waals surface area contributed by atoms with E-state index in [-0.39, 0.29) is 11.4 Å². The molecule has 2 rings (SSSR count). The quantitative estimate of drug-likeness (QED) is 0.896. The number of benzene rings is 2. The van der Waals surface area contributed by atoms with Crippen LogP contribution in [0.5, 0.6) is 0 Å². The third-order valence-corrected chi connectivity index (χ3v) is 3.72. The summed E-state index contributed by atoms with van der Waals surface area (Å²) in [7, 11) is -3.42. The molecule has 0 saturated carbocycles. The molecular weight excluding hydrogens is 234 g/mol. The highest BCUT2D eigenvalue weighted by molar-refractivity contribution is 7.89. The van der Waals surface area contributed by atoms with Gasteiger partial charge in [0.05, 0.1) is 4.90 Å². The van der Waals surface area contributed by atoms with Crippen LogP contribution in [0, 0.1) is 6.07 Å². The van der Waals surface area contributed by atoms with E-state index in [1.54, 1.807) is 42.5 Å². The van der Waals surface area contributed by atoms with Crippen LogP contribution in [0.3, 0.4) is 0 Å². The fraction of sp³-hybridized carbons (Fsp3) is 0.0769. The van der Waals surface area contributed by atoms with E-state index in [2.05, 4.69) is 10.8 Å². The van der Waals surface area contributed by atoms with E-state index in [4.69, 9.17) is 0 Å². The van der Waals surface area contributed by atoms with Crippen LogP contribution in [0.15, 0.2) is 59.5 Å². The first kappa shape index (κ1) is 11.8. The van der Waals surface area contributed by atoms with Crippen molar-refractivity contribution in [1.82, 2.24) is 4.72 Å². The first-order valence-corrected chi connectivity index (χ1v) is 6.66. The van der Waals surface area contributed by atoms with Crippen molar-refractivity contribution in [3.05, 3.63) is 66.2 Å². The molecule has 0 aliphatic carbocycles. The minimum Gasteiger partial charge on any atom is -0.207 e. The lowest BCUT2D eigenvalue weighted by Crippen LogP contribution is -2.23. The minimum absolute atomic E-state index is 0.280. The van der Waals surface area contributed by atoms with Gasteiger partial charge in [0.15, 0.2) is 0 Å². The zero-order valence-corrected chi connectivity index (χ0v) is 9.94. The molecule has 0 saturated heterocycles. The Bertz CT molecular complexity index is 565. The Balaban J connectivity index is 2.09. The van der Waals surface area contributed by atoms with E-state index in [9.17, 15) is 8.42 Å². The van der Waals surface area contributed by atoms with Crippen molar-refractivity contribution in [2.75, 3.05) is 0 Å². The van der Waals surface area contributed by atoms with Gasteiger partial charge in [0.1, 0.15) is 0 Å². The van der Waals surface area contributed by atoms with Crippen molar-refractivity contribution < 1.29 is 8.42 Å². The van der Waals surface area contributed by atoms with Crippen LogP contribution in [0.4, 0.5) is 0 Å². The Morgan fingerprint density at radius 2 is 1.65 bits per heavy atom. The minimum atomic E-state index is -3.42. The van der Waals surface area contributed by atoms with Crippen LogP contribution < -0.4 is 4.72 Å². The van der Waals surface area contributed by atoms with E-state index in [0.717, 1.165) is 5.56 Å². The summed E-state index contributed by atoms with van der Waals surface area (Å²) in [5, 5.41) is 0. The summed E-state index contributed by atoms with van der Waals surface area (Å²) >= 11 is 0. The summed E-state index contributed by atoms with van der Waals surface area (Å²) in [4.78, 5) is 0.280. The van der Waals surface area contributed by atoms with E-state index < -0.39 is 10.0 Å². The normalized spacial score (nSPS) is 11.3. The molecule has 17 heavy (non-hydrogen) atoms. The van der Waals surface area contributed by atoms with Crippen molar-refractivity contribution in [1.29, 1.82) is 0 Å². The molecule has 87 valence electrons. The first-order chi connectivity index (χ1) is 8.18. The number of rotatable bonds is 4. The smallest absolute Gasteiger partial charge is 0.207 e. The van der Waals surface area contributed by atoms with Gasteiger partial charge in [0.25, 0.3) is 0 Å². The van der Waals surface area contributed by atoms with Gasteiger partial charge in [-0.3, -0.25) is 0 Å². The fourth-order valence-corrected chi connectivity index (χ4v) is 2.44. The second kappa shape index (κ2) is 5.12. The molecular formula is C13H12NO2S. The first-order valence-electron chi connectivity index (χ1n) is 5.18. The van der Waals surface area contributed by atoms with Crippen LogP contribution in [-0.4, -0.2) is 8.42 Å². The van der Waals surface area contributed by atoms with Crippen LogP contribution >= 0.6 is 0 Å². The summed E-state index contributed by atoms with van der Waals surface area (Å²) in [5.74, 6) is 0. The Morgan fingerprint density at radius 3 is 2.29 bits per heavy atom. The largest absolute Gasteiger partial charge is 0.240 e. The van der Waals surface area contributed by atoms with Crippen molar-refractivity contribution in [3.63, 3.8) is 0 Å². The third kappa shape index (κ3) is 3.15. The summed E-state index contributed by atoms with van der Waals surface area (Å²) in [6.07, 6.45) is 0. The topological polar surface area (TPSA) is 46.2 Å². The van der Waals surface area contributed by atoms with Gasteiger partial charge in [-0.05, 0) is 23.8 Å². The van der Waals surface area contributed by atoms with Gasteiger partial charge in [-0.15, -0.1) is 0 Å². The highest BCUT2D eigenvalue weighted by atomic mass is 32.2. The van der Waals surface area contributed by atoms with Gasteiger partial charge < -0.3 is 0 Å². The average molecular weight is 246 g/mol. The lowest BCUT2D eigenvalue weighted by Gasteiger charge is -2.06. The van der Waals surface area contributed by atoms with E-state index in [1.165, 1.54) is 0 Å². The Labute approximate surface area is 101 Å². The third-order valence-electron chi connectivity index (χ3n) is 2.31. The van der Waals surface area contributed by atoms with E-state index in [0.29, 0.717) is 0 Å². The highest BCUT2D eigenvalue weighted by Gasteiger charge is 2.12. The Hall–Kier alpha value is -1.65. The van der Waals surface area contributed by atoms with Crippen LogP contribution in [-0.2, 0) is 16.6 Å². The van der Waals surface area contributed by atoms with E-state index >= 15 is 0 Å². The van der Waals surface area contributed by atoms with Crippen LogP contribution in [0.1, 0.15) is 5.56 Å². The monoisotopic (exact) mass is 246 g/mol.